The third kappa shape index (κ3) is 3.53. The number of methoxy groups -OCH3 is 2. The van der Waals surface area contributed by atoms with Crippen LogP contribution in [0.2, 0.25) is 0 Å². The SMILES string of the molecule is COc1ccc(NC2=C(c3ccccc3)C(=O)N(Cc3ccco3)C2=O)c(OC)c1. The monoisotopic (exact) mass is 404 g/mol. The molecule has 0 radical (unpaired) electrons. The predicted molar refractivity (Wildman–Crippen MR) is 111 cm³/mol. The van der Waals surface area contributed by atoms with Gasteiger partial charge in [-0.1, -0.05) is 30.3 Å². The summed E-state index contributed by atoms with van der Waals surface area (Å²) in [5, 5.41) is 3.11. The first-order valence-corrected chi connectivity index (χ1v) is 9.29. The van der Waals surface area contributed by atoms with Gasteiger partial charge >= 0.3 is 0 Å². The Bertz CT molecular complexity index is 1100. The number of rotatable bonds is 7. The van der Waals surface area contributed by atoms with Crippen LogP contribution in [0.15, 0.2) is 77.0 Å². The fourth-order valence-electron chi connectivity index (χ4n) is 3.30. The summed E-state index contributed by atoms with van der Waals surface area (Å²) in [7, 11) is 3.08. The average molecular weight is 404 g/mol. The van der Waals surface area contributed by atoms with Crippen molar-refractivity contribution in [3.8, 4) is 11.5 Å². The summed E-state index contributed by atoms with van der Waals surface area (Å²) in [5.41, 5.74) is 1.67. The molecule has 4 rings (SSSR count). The molecular formula is C23H20N2O5. The predicted octanol–water partition coefficient (Wildman–Crippen LogP) is 3.69. The smallest absolute Gasteiger partial charge is 0.278 e. The fraction of sp³-hybridized carbons (Fsp3) is 0.130. The van der Waals surface area contributed by atoms with E-state index in [1.165, 1.54) is 18.3 Å². The third-order valence-electron chi connectivity index (χ3n) is 4.79. The molecule has 7 nitrogen and oxygen atoms in total. The quantitative estimate of drug-likeness (QED) is 0.605. The number of benzene rings is 2. The normalized spacial score (nSPS) is 13.7. The maximum Gasteiger partial charge on any atom is 0.278 e. The largest absolute Gasteiger partial charge is 0.497 e. The Hall–Kier alpha value is -4.00. The van der Waals surface area contributed by atoms with Crippen LogP contribution in [0.3, 0.4) is 0 Å². The molecule has 2 aromatic carbocycles. The van der Waals surface area contributed by atoms with Crippen molar-refractivity contribution in [2.75, 3.05) is 19.5 Å². The molecule has 0 aliphatic carbocycles. The van der Waals surface area contributed by atoms with E-state index in [0.717, 1.165) is 0 Å². The first kappa shape index (κ1) is 19.3. The van der Waals surface area contributed by atoms with Crippen molar-refractivity contribution in [2.24, 2.45) is 0 Å². The first-order valence-electron chi connectivity index (χ1n) is 9.29. The minimum Gasteiger partial charge on any atom is -0.497 e. The summed E-state index contributed by atoms with van der Waals surface area (Å²) in [6.07, 6.45) is 1.51. The first-order chi connectivity index (χ1) is 14.6. The van der Waals surface area contributed by atoms with Crippen LogP contribution in [0.1, 0.15) is 11.3 Å². The number of carbonyl (C=O) groups is 2. The lowest BCUT2D eigenvalue weighted by atomic mass is 10.0. The highest BCUT2D eigenvalue weighted by Crippen LogP contribution is 2.35. The Morgan fingerprint density at radius 1 is 0.933 bits per heavy atom. The number of carbonyl (C=O) groups excluding carboxylic acids is 2. The maximum atomic E-state index is 13.2. The van der Waals surface area contributed by atoms with E-state index in [9.17, 15) is 9.59 Å². The number of ether oxygens (including phenoxy) is 2. The minimum absolute atomic E-state index is 0.0475. The Labute approximate surface area is 173 Å². The number of anilines is 1. The molecule has 0 unspecified atom stereocenters. The lowest BCUT2D eigenvalue weighted by molar-refractivity contribution is -0.137. The molecule has 30 heavy (non-hydrogen) atoms. The summed E-state index contributed by atoms with van der Waals surface area (Å²) in [6, 6.07) is 17.7. The van der Waals surface area contributed by atoms with Crippen molar-refractivity contribution in [2.45, 2.75) is 6.54 Å². The third-order valence-corrected chi connectivity index (χ3v) is 4.79. The highest BCUT2D eigenvalue weighted by atomic mass is 16.5. The van der Waals surface area contributed by atoms with E-state index in [4.69, 9.17) is 13.9 Å². The number of hydrogen-bond donors (Lipinski definition) is 1. The Balaban J connectivity index is 1.76. The van der Waals surface area contributed by atoms with Gasteiger partial charge < -0.3 is 19.2 Å². The average Bonchev–Trinajstić information content (AvgIpc) is 3.37. The van der Waals surface area contributed by atoms with Gasteiger partial charge in [0.1, 0.15) is 23.0 Å². The van der Waals surface area contributed by atoms with Crippen LogP contribution < -0.4 is 14.8 Å². The van der Waals surface area contributed by atoms with Crippen molar-refractivity contribution in [1.29, 1.82) is 0 Å². The van der Waals surface area contributed by atoms with Gasteiger partial charge in [-0.15, -0.1) is 0 Å². The Morgan fingerprint density at radius 2 is 1.73 bits per heavy atom. The molecule has 0 bridgehead atoms. The molecule has 0 atom stereocenters. The van der Waals surface area contributed by atoms with Gasteiger partial charge in [0.05, 0.1) is 38.3 Å². The zero-order chi connectivity index (χ0) is 21.1. The van der Waals surface area contributed by atoms with Crippen LogP contribution in [0.4, 0.5) is 5.69 Å². The van der Waals surface area contributed by atoms with Gasteiger partial charge in [-0.25, -0.2) is 0 Å². The summed E-state index contributed by atoms with van der Waals surface area (Å²) < 4.78 is 16.0. The molecule has 2 amide bonds. The van der Waals surface area contributed by atoms with Gasteiger partial charge in [0, 0.05) is 6.07 Å². The van der Waals surface area contributed by atoms with Crippen LogP contribution in [-0.4, -0.2) is 30.9 Å². The maximum absolute atomic E-state index is 13.2. The zero-order valence-electron chi connectivity index (χ0n) is 16.5. The lowest BCUT2D eigenvalue weighted by Crippen LogP contribution is -2.31. The number of hydrogen-bond acceptors (Lipinski definition) is 6. The molecule has 152 valence electrons. The van der Waals surface area contributed by atoms with E-state index in [1.54, 1.807) is 49.6 Å². The summed E-state index contributed by atoms with van der Waals surface area (Å²) in [4.78, 5) is 27.6. The standard InChI is InChI=1S/C23H20N2O5/c1-28-16-10-11-18(19(13-16)29-2)24-21-20(15-7-4-3-5-8-15)22(26)25(23(21)27)14-17-9-6-12-30-17/h3-13,24H,14H2,1-2H3. The molecule has 1 aromatic heterocycles. The zero-order valence-corrected chi connectivity index (χ0v) is 16.5. The fourth-order valence-corrected chi connectivity index (χ4v) is 3.30. The topological polar surface area (TPSA) is 81.0 Å². The van der Waals surface area contributed by atoms with Crippen LogP contribution in [0, 0.1) is 0 Å². The molecule has 2 heterocycles. The summed E-state index contributed by atoms with van der Waals surface area (Å²) >= 11 is 0. The Morgan fingerprint density at radius 3 is 2.40 bits per heavy atom. The van der Waals surface area contributed by atoms with Crippen molar-refractivity contribution >= 4 is 23.1 Å². The highest BCUT2D eigenvalue weighted by molar-refractivity contribution is 6.36. The van der Waals surface area contributed by atoms with E-state index >= 15 is 0 Å². The second kappa shape index (κ2) is 8.16. The van der Waals surface area contributed by atoms with E-state index in [0.29, 0.717) is 34.1 Å². The van der Waals surface area contributed by atoms with Gasteiger partial charge in [-0.3, -0.25) is 14.5 Å². The van der Waals surface area contributed by atoms with Crippen LogP contribution in [-0.2, 0) is 16.1 Å². The Kier molecular flexibility index (Phi) is 5.26. The van der Waals surface area contributed by atoms with Gasteiger partial charge in [-0.05, 0) is 29.8 Å². The molecule has 1 aliphatic rings. The number of nitrogens with one attached hydrogen (secondary N) is 1. The number of nitrogens with zero attached hydrogens (tertiary/aromatic N) is 1. The van der Waals surface area contributed by atoms with E-state index in [2.05, 4.69) is 5.32 Å². The number of imide groups is 1. The second-order valence-corrected chi connectivity index (χ2v) is 6.58. The number of amides is 2. The highest BCUT2D eigenvalue weighted by Gasteiger charge is 2.39. The lowest BCUT2D eigenvalue weighted by Gasteiger charge is -2.15. The van der Waals surface area contributed by atoms with Crippen molar-refractivity contribution < 1.29 is 23.5 Å². The molecule has 1 aliphatic heterocycles. The van der Waals surface area contributed by atoms with Gasteiger partial charge in [0.25, 0.3) is 11.8 Å². The van der Waals surface area contributed by atoms with Crippen molar-refractivity contribution in [3.05, 3.63) is 83.9 Å². The second-order valence-electron chi connectivity index (χ2n) is 6.58. The molecule has 0 spiro atoms. The minimum atomic E-state index is -0.437. The van der Waals surface area contributed by atoms with E-state index in [-0.39, 0.29) is 12.2 Å². The van der Waals surface area contributed by atoms with E-state index in [1.807, 2.05) is 18.2 Å². The van der Waals surface area contributed by atoms with Gasteiger partial charge in [-0.2, -0.15) is 0 Å². The van der Waals surface area contributed by atoms with Crippen molar-refractivity contribution in [1.82, 2.24) is 4.90 Å². The van der Waals surface area contributed by atoms with Crippen LogP contribution in [0.5, 0.6) is 11.5 Å². The van der Waals surface area contributed by atoms with Gasteiger partial charge in [0.15, 0.2) is 0 Å². The van der Waals surface area contributed by atoms with Gasteiger partial charge in [0.2, 0.25) is 0 Å². The molecule has 1 N–H and O–H groups in total. The summed E-state index contributed by atoms with van der Waals surface area (Å²) in [6.45, 7) is 0.0475. The molecule has 0 fully saturated rings. The molecular weight excluding hydrogens is 384 g/mol. The summed E-state index contributed by atoms with van der Waals surface area (Å²) in [5.74, 6) is 0.792. The van der Waals surface area contributed by atoms with Crippen LogP contribution >= 0.6 is 0 Å². The van der Waals surface area contributed by atoms with E-state index < -0.39 is 11.8 Å². The van der Waals surface area contributed by atoms with Crippen molar-refractivity contribution in [3.63, 3.8) is 0 Å². The number of furan rings is 1. The molecule has 7 heteroatoms. The molecule has 3 aromatic rings. The van der Waals surface area contributed by atoms with Crippen LogP contribution in [0.25, 0.3) is 5.57 Å². The molecule has 0 saturated carbocycles. The molecule has 0 saturated heterocycles.